The summed E-state index contributed by atoms with van der Waals surface area (Å²) in [6.45, 7) is 0.409. The van der Waals surface area contributed by atoms with Gasteiger partial charge in [-0.1, -0.05) is 12.1 Å². The van der Waals surface area contributed by atoms with Crippen molar-refractivity contribution in [1.29, 1.82) is 0 Å². The van der Waals surface area contributed by atoms with Gasteiger partial charge in [0.2, 0.25) is 11.8 Å². The summed E-state index contributed by atoms with van der Waals surface area (Å²) in [5.41, 5.74) is 5.31. The quantitative estimate of drug-likeness (QED) is 0.610. The lowest BCUT2D eigenvalue weighted by Crippen LogP contribution is -2.43. The zero-order valence-electron chi connectivity index (χ0n) is 15.2. The van der Waals surface area contributed by atoms with Crippen LogP contribution in [0, 0.1) is 11.7 Å². The number of halogens is 1. The highest BCUT2D eigenvalue weighted by molar-refractivity contribution is 8.00. The number of esters is 1. The number of primary amides is 1. The lowest BCUT2D eigenvalue weighted by Gasteiger charge is -2.30. The van der Waals surface area contributed by atoms with Gasteiger partial charge >= 0.3 is 5.97 Å². The second kappa shape index (κ2) is 10.6. The number of thioether (sulfide) groups is 1. The van der Waals surface area contributed by atoms with Crippen LogP contribution in [0.25, 0.3) is 0 Å². The molecule has 0 radical (unpaired) electrons. The maximum Gasteiger partial charge on any atom is 0.316 e. The van der Waals surface area contributed by atoms with Crippen molar-refractivity contribution in [3.63, 3.8) is 0 Å². The Morgan fingerprint density at radius 1 is 1.18 bits per heavy atom. The van der Waals surface area contributed by atoms with Gasteiger partial charge in [-0.15, -0.1) is 11.8 Å². The fourth-order valence-electron chi connectivity index (χ4n) is 2.66. The number of nitrogens with one attached hydrogen (secondary N) is 1. The molecule has 1 saturated heterocycles. The van der Waals surface area contributed by atoms with Gasteiger partial charge in [0.1, 0.15) is 5.82 Å². The fraction of sp³-hybridized carbons (Fsp3) is 0.444. The number of anilines is 1. The monoisotopic (exact) mass is 411 g/mol. The molecule has 0 atom stereocenters. The molecule has 1 aromatic rings. The first kappa shape index (κ1) is 21.7. The number of nitrogens with two attached hydrogens (primary N) is 1. The standard InChI is InChI=1S/C18H22FN3O5S/c19-13-3-1-2-4-14(13)21-15(23)10-28-11-17(25)27-9-16(24)22-7-5-12(6-8-22)18(20)26/h1-4,12H,5-11H2,(H2,20,26)(H,21,23). The summed E-state index contributed by atoms with van der Waals surface area (Å²) in [7, 11) is 0. The summed E-state index contributed by atoms with van der Waals surface area (Å²) in [6.07, 6.45) is 1.00. The van der Waals surface area contributed by atoms with E-state index in [4.69, 9.17) is 10.5 Å². The Hall–Kier alpha value is -2.62. The smallest absolute Gasteiger partial charge is 0.316 e. The third-order valence-electron chi connectivity index (χ3n) is 4.21. The maximum absolute atomic E-state index is 13.4. The van der Waals surface area contributed by atoms with Gasteiger partial charge in [-0.3, -0.25) is 19.2 Å². The number of rotatable bonds is 8. The van der Waals surface area contributed by atoms with Crippen molar-refractivity contribution in [3.8, 4) is 0 Å². The van der Waals surface area contributed by atoms with Crippen molar-refractivity contribution in [2.75, 3.05) is 36.5 Å². The molecular weight excluding hydrogens is 389 g/mol. The van der Waals surface area contributed by atoms with Crippen LogP contribution in [0.15, 0.2) is 24.3 Å². The third-order valence-corrected chi connectivity index (χ3v) is 5.11. The van der Waals surface area contributed by atoms with Crippen molar-refractivity contribution < 1.29 is 28.3 Å². The third kappa shape index (κ3) is 6.84. The average Bonchev–Trinajstić information content (AvgIpc) is 2.68. The van der Waals surface area contributed by atoms with Crippen LogP contribution in [-0.2, 0) is 23.9 Å². The SMILES string of the molecule is NC(=O)C1CCN(C(=O)COC(=O)CSCC(=O)Nc2ccccc2F)CC1. The molecule has 1 aromatic carbocycles. The van der Waals surface area contributed by atoms with Gasteiger partial charge in [-0.2, -0.15) is 0 Å². The summed E-state index contributed by atoms with van der Waals surface area (Å²) in [5, 5.41) is 2.41. The van der Waals surface area contributed by atoms with Gasteiger partial charge < -0.3 is 20.7 Å². The van der Waals surface area contributed by atoms with Crippen molar-refractivity contribution in [2.45, 2.75) is 12.8 Å². The Balaban J connectivity index is 1.61. The van der Waals surface area contributed by atoms with Crippen LogP contribution in [0.2, 0.25) is 0 Å². The molecule has 2 rings (SSSR count). The summed E-state index contributed by atoms with van der Waals surface area (Å²) >= 11 is 1.000. The van der Waals surface area contributed by atoms with E-state index in [9.17, 15) is 23.6 Å². The van der Waals surface area contributed by atoms with Crippen molar-refractivity contribution in [1.82, 2.24) is 4.90 Å². The molecule has 0 unspecified atom stereocenters. The molecule has 1 aliphatic heterocycles. The first-order chi connectivity index (χ1) is 13.4. The van der Waals surface area contributed by atoms with Crippen LogP contribution in [0.5, 0.6) is 0 Å². The summed E-state index contributed by atoms with van der Waals surface area (Å²) < 4.78 is 18.4. The zero-order chi connectivity index (χ0) is 20.5. The van der Waals surface area contributed by atoms with Gasteiger partial charge in [0.15, 0.2) is 6.61 Å². The number of para-hydroxylation sites is 1. The predicted molar refractivity (Wildman–Crippen MR) is 102 cm³/mol. The molecule has 1 fully saturated rings. The van der Waals surface area contributed by atoms with Gasteiger partial charge in [0, 0.05) is 19.0 Å². The lowest BCUT2D eigenvalue weighted by atomic mass is 9.96. The molecule has 3 N–H and O–H groups in total. The van der Waals surface area contributed by atoms with Crippen molar-refractivity contribution in [2.24, 2.45) is 11.7 Å². The first-order valence-electron chi connectivity index (χ1n) is 8.71. The second-order valence-corrected chi connectivity index (χ2v) is 7.22. The summed E-state index contributed by atoms with van der Waals surface area (Å²) in [6, 6.07) is 5.77. The molecule has 0 aliphatic carbocycles. The van der Waals surface area contributed by atoms with E-state index < -0.39 is 17.7 Å². The van der Waals surface area contributed by atoms with E-state index in [1.54, 1.807) is 6.07 Å². The molecule has 152 valence electrons. The molecule has 0 bridgehead atoms. The van der Waals surface area contributed by atoms with Crippen LogP contribution >= 0.6 is 11.8 Å². The number of likely N-dealkylation sites (tertiary alicyclic amines) is 1. The van der Waals surface area contributed by atoms with E-state index >= 15 is 0 Å². The zero-order valence-corrected chi connectivity index (χ0v) is 16.0. The second-order valence-electron chi connectivity index (χ2n) is 6.24. The van der Waals surface area contributed by atoms with Gasteiger partial charge in [0.25, 0.3) is 5.91 Å². The minimum Gasteiger partial charge on any atom is -0.455 e. The fourth-order valence-corrected chi connectivity index (χ4v) is 3.27. The molecule has 28 heavy (non-hydrogen) atoms. The van der Waals surface area contributed by atoms with Crippen LogP contribution in [0.1, 0.15) is 12.8 Å². The number of piperidine rings is 1. The first-order valence-corrected chi connectivity index (χ1v) is 9.87. The Labute approximate surface area is 166 Å². The Morgan fingerprint density at radius 2 is 1.86 bits per heavy atom. The highest BCUT2D eigenvalue weighted by Gasteiger charge is 2.26. The van der Waals surface area contributed by atoms with E-state index in [0.29, 0.717) is 25.9 Å². The molecular formula is C18H22FN3O5S. The highest BCUT2D eigenvalue weighted by atomic mass is 32.2. The van der Waals surface area contributed by atoms with Crippen molar-refractivity contribution in [3.05, 3.63) is 30.1 Å². The van der Waals surface area contributed by atoms with Crippen molar-refractivity contribution >= 4 is 41.1 Å². The highest BCUT2D eigenvalue weighted by Crippen LogP contribution is 2.17. The topological polar surface area (TPSA) is 119 Å². The average molecular weight is 411 g/mol. The normalized spacial score (nSPS) is 14.4. The molecule has 0 aromatic heterocycles. The van der Waals surface area contributed by atoms with Crippen LogP contribution < -0.4 is 11.1 Å². The number of nitrogens with zero attached hydrogens (tertiary/aromatic N) is 1. The minimum absolute atomic E-state index is 0.0575. The molecule has 1 heterocycles. The molecule has 1 aliphatic rings. The van der Waals surface area contributed by atoms with Gasteiger partial charge in [-0.05, 0) is 25.0 Å². The summed E-state index contributed by atoms with van der Waals surface area (Å²) in [4.78, 5) is 48.1. The molecule has 8 nitrogen and oxygen atoms in total. The molecule has 3 amide bonds. The molecule has 10 heteroatoms. The number of amides is 3. The number of hydrogen-bond acceptors (Lipinski definition) is 6. The van der Waals surface area contributed by atoms with E-state index in [1.165, 1.54) is 23.1 Å². The largest absolute Gasteiger partial charge is 0.455 e. The Bertz CT molecular complexity index is 738. The number of hydrogen-bond donors (Lipinski definition) is 2. The van der Waals surface area contributed by atoms with Crippen LogP contribution in [0.3, 0.4) is 0 Å². The van der Waals surface area contributed by atoms with Gasteiger partial charge in [0.05, 0.1) is 17.2 Å². The minimum atomic E-state index is -0.621. The molecule has 0 spiro atoms. The Kier molecular flexibility index (Phi) is 8.24. The summed E-state index contributed by atoms with van der Waals surface area (Å²) in [5.74, 6) is -2.70. The lowest BCUT2D eigenvalue weighted by molar-refractivity contribution is -0.150. The van der Waals surface area contributed by atoms with E-state index in [2.05, 4.69) is 5.32 Å². The van der Waals surface area contributed by atoms with E-state index in [1.807, 2.05) is 0 Å². The number of benzene rings is 1. The number of carbonyl (C=O) groups is 4. The van der Waals surface area contributed by atoms with Crippen LogP contribution in [-0.4, -0.2) is 59.8 Å². The van der Waals surface area contributed by atoms with Gasteiger partial charge in [-0.25, -0.2) is 4.39 Å². The van der Waals surface area contributed by atoms with E-state index in [-0.39, 0.29) is 41.5 Å². The predicted octanol–water partition coefficient (Wildman–Crippen LogP) is 0.764. The number of carbonyl (C=O) groups excluding carboxylic acids is 4. The van der Waals surface area contributed by atoms with Crippen LogP contribution in [0.4, 0.5) is 10.1 Å². The van der Waals surface area contributed by atoms with E-state index in [0.717, 1.165) is 11.8 Å². The number of ether oxygens (including phenoxy) is 1. The molecule has 0 saturated carbocycles. The maximum atomic E-state index is 13.4. The Morgan fingerprint density at radius 3 is 2.50 bits per heavy atom.